The lowest BCUT2D eigenvalue weighted by atomic mass is 10.1. The van der Waals surface area contributed by atoms with Crippen molar-refractivity contribution >= 4 is 28.9 Å². The molecular weight excluding hydrogens is 390 g/mol. The van der Waals surface area contributed by atoms with Crippen LogP contribution in [0.15, 0.2) is 53.9 Å². The number of hydrogen-bond acceptors (Lipinski definition) is 6. The smallest absolute Gasteiger partial charge is 0.349 e. The Morgan fingerprint density at radius 2 is 1.76 bits per heavy atom. The maximum atomic E-state index is 12.5. The van der Waals surface area contributed by atoms with E-state index in [9.17, 15) is 9.59 Å². The van der Waals surface area contributed by atoms with E-state index in [4.69, 9.17) is 14.2 Å². The molecule has 0 fully saturated rings. The Balaban J connectivity index is 1.64. The molecule has 1 aromatic heterocycles. The van der Waals surface area contributed by atoms with E-state index in [1.54, 1.807) is 25.3 Å². The van der Waals surface area contributed by atoms with E-state index in [1.165, 1.54) is 18.4 Å². The summed E-state index contributed by atoms with van der Waals surface area (Å²) in [6.45, 7) is 1.60. The van der Waals surface area contributed by atoms with E-state index in [0.717, 1.165) is 16.7 Å². The van der Waals surface area contributed by atoms with Gasteiger partial charge in [-0.25, -0.2) is 4.79 Å². The molecule has 0 aliphatic heterocycles. The molecule has 0 aliphatic carbocycles. The lowest BCUT2D eigenvalue weighted by molar-refractivity contribution is -0.119. The van der Waals surface area contributed by atoms with Gasteiger partial charge in [0.2, 0.25) is 0 Å². The average Bonchev–Trinajstić information content (AvgIpc) is 3.23. The van der Waals surface area contributed by atoms with Crippen LogP contribution >= 0.6 is 11.3 Å². The molecule has 0 unspecified atom stereocenters. The van der Waals surface area contributed by atoms with Gasteiger partial charge in [0.1, 0.15) is 16.4 Å². The highest BCUT2D eigenvalue weighted by molar-refractivity contribution is 7.12. The van der Waals surface area contributed by atoms with Crippen LogP contribution in [-0.2, 0) is 9.53 Å². The first-order valence-corrected chi connectivity index (χ1v) is 9.73. The Bertz CT molecular complexity index is 1010. The van der Waals surface area contributed by atoms with Crippen molar-refractivity contribution in [3.63, 3.8) is 0 Å². The van der Waals surface area contributed by atoms with Crippen molar-refractivity contribution < 1.29 is 23.8 Å². The molecule has 0 saturated carbocycles. The monoisotopic (exact) mass is 411 g/mol. The maximum Gasteiger partial charge on any atom is 0.349 e. The first-order valence-electron chi connectivity index (χ1n) is 8.85. The van der Waals surface area contributed by atoms with Crippen LogP contribution in [0.1, 0.15) is 15.2 Å². The zero-order valence-corrected chi connectivity index (χ0v) is 17.2. The van der Waals surface area contributed by atoms with Crippen molar-refractivity contribution in [2.45, 2.75) is 6.92 Å². The number of hydrogen-bond donors (Lipinski definition) is 1. The van der Waals surface area contributed by atoms with Gasteiger partial charge in [-0.15, -0.1) is 11.3 Å². The fraction of sp³-hybridized carbons (Fsp3) is 0.182. The number of ether oxygens (including phenoxy) is 3. The van der Waals surface area contributed by atoms with Gasteiger partial charge in [0, 0.05) is 11.6 Å². The molecule has 29 heavy (non-hydrogen) atoms. The summed E-state index contributed by atoms with van der Waals surface area (Å²) in [5, 5.41) is 4.50. The number of nitrogens with one attached hydrogen (secondary N) is 1. The standard InChI is InChI=1S/C22H21NO5S/c1-14-4-6-15(7-5-14)17-10-11-29-21(17)22(25)28-13-20(24)23-18-9-8-16(26-2)12-19(18)27-3/h4-12H,13H2,1-3H3,(H,23,24). The van der Waals surface area contributed by atoms with E-state index in [-0.39, 0.29) is 0 Å². The molecule has 1 heterocycles. The zero-order chi connectivity index (χ0) is 20.8. The third-order valence-electron chi connectivity index (χ3n) is 4.23. The summed E-state index contributed by atoms with van der Waals surface area (Å²) >= 11 is 1.28. The number of aryl methyl sites for hydroxylation is 1. The number of carbonyl (C=O) groups is 2. The molecule has 0 saturated heterocycles. The highest BCUT2D eigenvalue weighted by atomic mass is 32.1. The van der Waals surface area contributed by atoms with Crippen LogP contribution in [-0.4, -0.2) is 32.7 Å². The summed E-state index contributed by atoms with van der Waals surface area (Å²) in [7, 11) is 3.04. The van der Waals surface area contributed by atoms with Crippen LogP contribution in [0.5, 0.6) is 11.5 Å². The van der Waals surface area contributed by atoms with E-state index in [0.29, 0.717) is 22.1 Å². The Morgan fingerprint density at radius 1 is 1.00 bits per heavy atom. The van der Waals surface area contributed by atoms with E-state index >= 15 is 0 Å². The molecule has 0 bridgehead atoms. The lowest BCUT2D eigenvalue weighted by Gasteiger charge is -2.12. The fourth-order valence-corrected chi connectivity index (χ4v) is 3.52. The number of anilines is 1. The minimum Gasteiger partial charge on any atom is -0.497 e. The molecule has 3 rings (SSSR count). The summed E-state index contributed by atoms with van der Waals surface area (Å²) < 4.78 is 15.6. The van der Waals surface area contributed by atoms with Crippen LogP contribution in [0.4, 0.5) is 5.69 Å². The van der Waals surface area contributed by atoms with Gasteiger partial charge in [0.05, 0.1) is 19.9 Å². The molecule has 0 aliphatic rings. The third kappa shape index (κ3) is 4.94. The van der Waals surface area contributed by atoms with Gasteiger partial charge < -0.3 is 19.5 Å². The second kappa shape index (κ2) is 9.25. The molecule has 0 spiro atoms. The Kier molecular flexibility index (Phi) is 6.51. The fourth-order valence-electron chi connectivity index (χ4n) is 2.71. The quantitative estimate of drug-likeness (QED) is 0.578. The number of amides is 1. The molecule has 150 valence electrons. The zero-order valence-electron chi connectivity index (χ0n) is 16.4. The maximum absolute atomic E-state index is 12.5. The number of thiophene rings is 1. The summed E-state index contributed by atoms with van der Waals surface area (Å²) in [6.07, 6.45) is 0. The number of esters is 1. The Morgan fingerprint density at radius 3 is 2.45 bits per heavy atom. The van der Waals surface area contributed by atoms with Gasteiger partial charge in [-0.05, 0) is 36.1 Å². The normalized spacial score (nSPS) is 10.3. The predicted octanol–water partition coefficient (Wildman–Crippen LogP) is 4.54. The summed E-state index contributed by atoms with van der Waals surface area (Å²) in [4.78, 5) is 25.2. The minimum atomic E-state index is -0.535. The molecule has 2 aromatic carbocycles. The largest absolute Gasteiger partial charge is 0.497 e. The highest BCUT2D eigenvalue weighted by Crippen LogP contribution is 2.30. The van der Waals surface area contributed by atoms with Gasteiger partial charge in [0.15, 0.2) is 6.61 Å². The van der Waals surface area contributed by atoms with E-state index < -0.39 is 18.5 Å². The molecule has 7 heteroatoms. The van der Waals surface area contributed by atoms with Crippen molar-refractivity contribution in [3.05, 3.63) is 64.4 Å². The van der Waals surface area contributed by atoms with Crippen molar-refractivity contribution in [3.8, 4) is 22.6 Å². The molecule has 0 radical (unpaired) electrons. The highest BCUT2D eigenvalue weighted by Gasteiger charge is 2.18. The number of benzene rings is 2. The van der Waals surface area contributed by atoms with Crippen LogP contribution in [0.25, 0.3) is 11.1 Å². The first-order chi connectivity index (χ1) is 14.0. The molecule has 0 atom stereocenters. The van der Waals surface area contributed by atoms with Crippen molar-refractivity contribution in [2.75, 3.05) is 26.1 Å². The number of methoxy groups -OCH3 is 2. The van der Waals surface area contributed by atoms with E-state index in [1.807, 2.05) is 42.6 Å². The van der Waals surface area contributed by atoms with Gasteiger partial charge in [-0.3, -0.25) is 4.79 Å². The van der Waals surface area contributed by atoms with Crippen molar-refractivity contribution in [1.29, 1.82) is 0 Å². The second-order valence-corrected chi connectivity index (χ2v) is 7.14. The minimum absolute atomic E-state index is 0.404. The van der Waals surface area contributed by atoms with Crippen LogP contribution in [0, 0.1) is 6.92 Å². The molecular formula is C22H21NO5S. The Hall–Kier alpha value is -3.32. The third-order valence-corrected chi connectivity index (χ3v) is 5.12. The van der Waals surface area contributed by atoms with Crippen LogP contribution in [0.3, 0.4) is 0 Å². The van der Waals surface area contributed by atoms with Gasteiger partial charge >= 0.3 is 5.97 Å². The van der Waals surface area contributed by atoms with Gasteiger partial charge in [-0.1, -0.05) is 29.8 Å². The van der Waals surface area contributed by atoms with Crippen LogP contribution < -0.4 is 14.8 Å². The molecule has 1 N–H and O–H groups in total. The molecule has 1 amide bonds. The van der Waals surface area contributed by atoms with Crippen LogP contribution in [0.2, 0.25) is 0 Å². The number of carbonyl (C=O) groups excluding carboxylic acids is 2. The summed E-state index contributed by atoms with van der Waals surface area (Å²) in [5.41, 5.74) is 3.32. The SMILES string of the molecule is COc1ccc(NC(=O)COC(=O)c2sccc2-c2ccc(C)cc2)c(OC)c1. The summed E-state index contributed by atoms with van der Waals surface area (Å²) in [6, 6.07) is 14.8. The summed E-state index contributed by atoms with van der Waals surface area (Å²) in [5.74, 6) is 0.0548. The van der Waals surface area contributed by atoms with Gasteiger partial charge in [-0.2, -0.15) is 0 Å². The topological polar surface area (TPSA) is 73.9 Å². The first kappa shape index (κ1) is 20.4. The second-order valence-electron chi connectivity index (χ2n) is 6.22. The molecule has 6 nitrogen and oxygen atoms in total. The van der Waals surface area contributed by atoms with Crippen molar-refractivity contribution in [1.82, 2.24) is 0 Å². The Labute approximate surface area is 173 Å². The molecule has 3 aromatic rings. The van der Waals surface area contributed by atoms with Crippen molar-refractivity contribution in [2.24, 2.45) is 0 Å². The average molecular weight is 411 g/mol. The van der Waals surface area contributed by atoms with E-state index in [2.05, 4.69) is 5.32 Å². The predicted molar refractivity (Wildman–Crippen MR) is 113 cm³/mol. The number of rotatable bonds is 7. The lowest BCUT2D eigenvalue weighted by Crippen LogP contribution is -2.21. The van der Waals surface area contributed by atoms with Gasteiger partial charge in [0.25, 0.3) is 5.91 Å².